The van der Waals surface area contributed by atoms with Crippen LogP contribution in [-0.4, -0.2) is 43.9 Å². The van der Waals surface area contributed by atoms with Gasteiger partial charge >= 0.3 is 0 Å². The minimum Gasteiger partial charge on any atom is -0.497 e. The summed E-state index contributed by atoms with van der Waals surface area (Å²) in [4.78, 5) is -0.0531. The molecular weight excluding hydrogens is 392 g/mol. The average Bonchev–Trinajstić information content (AvgIpc) is 3.04. The first-order valence-corrected chi connectivity index (χ1v) is 11.3. The molecule has 0 aliphatic carbocycles. The highest BCUT2D eigenvalue weighted by Gasteiger charge is 2.27. The van der Waals surface area contributed by atoms with E-state index >= 15 is 0 Å². The number of fused-ring (bicyclic) bond motifs is 1. The second-order valence-corrected chi connectivity index (χ2v) is 9.61. The molecule has 0 saturated carbocycles. The SMILES string of the molecule is COc1ccc(OC)c(S(=O)(=O)Nc2ccc3c(c2)CCN3S(C)(=O)=O)c1. The Morgan fingerprint density at radius 1 is 1.00 bits per heavy atom. The fourth-order valence-electron chi connectivity index (χ4n) is 2.98. The molecule has 0 radical (unpaired) electrons. The fourth-order valence-corrected chi connectivity index (χ4v) is 5.18. The van der Waals surface area contributed by atoms with Gasteiger partial charge in [-0.1, -0.05) is 0 Å². The molecule has 0 unspecified atom stereocenters. The summed E-state index contributed by atoms with van der Waals surface area (Å²) in [6.45, 7) is 0.341. The highest BCUT2D eigenvalue weighted by Crippen LogP contribution is 2.34. The Bertz CT molecular complexity index is 1080. The molecule has 0 atom stereocenters. The molecule has 1 aliphatic heterocycles. The molecule has 1 heterocycles. The first-order valence-electron chi connectivity index (χ1n) is 8.01. The van der Waals surface area contributed by atoms with E-state index in [4.69, 9.17) is 9.47 Å². The monoisotopic (exact) mass is 412 g/mol. The molecule has 0 amide bonds. The lowest BCUT2D eigenvalue weighted by Gasteiger charge is -2.17. The van der Waals surface area contributed by atoms with E-state index in [1.807, 2.05) is 0 Å². The van der Waals surface area contributed by atoms with Crippen LogP contribution in [0.5, 0.6) is 11.5 Å². The maximum Gasteiger partial charge on any atom is 0.265 e. The summed E-state index contributed by atoms with van der Waals surface area (Å²) < 4.78 is 63.3. The molecule has 0 aromatic heterocycles. The normalized spacial score (nSPS) is 14.0. The second kappa shape index (κ2) is 6.93. The van der Waals surface area contributed by atoms with E-state index in [0.717, 1.165) is 11.8 Å². The molecule has 2 aromatic rings. The minimum absolute atomic E-state index is 0.0531. The third kappa shape index (κ3) is 3.81. The Kier molecular flexibility index (Phi) is 4.96. The lowest BCUT2D eigenvalue weighted by atomic mass is 10.1. The number of anilines is 2. The molecule has 0 fully saturated rings. The molecular formula is C17H20N2O6S2. The molecule has 0 saturated heterocycles. The van der Waals surface area contributed by atoms with Crippen molar-refractivity contribution in [2.24, 2.45) is 0 Å². The van der Waals surface area contributed by atoms with Gasteiger partial charge in [-0.05, 0) is 42.3 Å². The smallest absolute Gasteiger partial charge is 0.265 e. The summed E-state index contributed by atoms with van der Waals surface area (Å²) in [5, 5.41) is 0. The lowest BCUT2D eigenvalue weighted by molar-refractivity contribution is 0.392. The Hall–Kier alpha value is -2.46. The molecule has 1 N–H and O–H groups in total. The second-order valence-electron chi connectivity index (χ2n) is 6.05. The van der Waals surface area contributed by atoms with Crippen molar-refractivity contribution in [3.63, 3.8) is 0 Å². The van der Waals surface area contributed by atoms with Crippen LogP contribution in [0.15, 0.2) is 41.3 Å². The Labute approximate surface area is 158 Å². The quantitative estimate of drug-likeness (QED) is 0.777. The van der Waals surface area contributed by atoms with Crippen LogP contribution < -0.4 is 18.5 Å². The van der Waals surface area contributed by atoms with Gasteiger partial charge in [0.1, 0.15) is 16.4 Å². The van der Waals surface area contributed by atoms with E-state index < -0.39 is 20.0 Å². The van der Waals surface area contributed by atoms with Gasteiger partial charge in [0, 0.05) is 18.3 Å². The molecule has 146 valence electrons. The standard InChI is InChI=1S/C17H20N2O6S2/c1-24-14-5-7-16(25-2)17(11-14)27(22,23)18-13-4-6-15-12(10-13)8-9-19(15)26(3,20)21/h4-7,10-11,18H,8-9H2,1-3H3. The van der Waals surface area contributed by atoms with E-state index in [0.29, 0.717) is 30.1 Å². The number of sulfonamides is 2. The van der Waals surface area contributed by atoms with Gasteiger partial charge in [-0.2, -0.15) is 0 Å². The molecule has 0 bridgehead atoms. The van der Waals surface area contributed by atoms with Crippen LogP contribution in [0.25, 0.3) is 0 Å². The Morgan fingerprint density at radius 2 is 1.74 bits per heavy atom. The van der Waals surface area contributed by atoms with E-state index in [-0.39, 0.29) is 10.6 Å². The van der Waals surface area contributed by atoms with Gasteiger partial charge in [0.25, 0.3) is 10.0 Å². The molecule has 8 nitrogen and oxygen atoms in total. The third-order valence-electron chi connectivity index (χ3n) is 4.25. The van der Waals surface area contributed by atoms with E-state index in [1.54, 1.807) is 18.2 Å². The van der Waals surface area contributed by atoms with Crippen molar-refractivity contribution in [1.82, 2.24) is 0 Å². The van der Waals surface area contributed by atoms with Crippen LogP contribution >= 0.6 is 0 Å². The van der Waals surface area contributed by atoms with Crippen molar-refractivity contribution in [3.05, 3.63) is 42.0 Å². The number of hydrogen-bond acceptors (Lipinski definition) is 6. The van der Waals surface area contributed by atoms with Crippen LogP contribution in [0, 0.1) is 0 Å². The first-order chi connectivity index (χ1) is 12.7. The summed E-state index contributed by atoms with van der Waals surface area (Å²) in [7, 11) is -4.47. The molecule has 3 rings (SSSR count). The highest BCUT2D eigenvalue weighted by atomic mass is 32.2. The highest BCUT2D eigenvalue weighted by molar-refractivity contribution is 7.93. The lowest BCUT2D eigenvalue weighted by Crippen LogP contribution is -2.27. The summed E-state index contributed by atoms with van der Waals surface area (Å²) in [6, 6.07) is 9.27. The van der Waals surface area contributed by atoms with Crippen LogP contribution in [0.2, 0.25) is 0 Å². The summed E-state index contributed by atoms with van der Waals surface area (Å²) in [5.74, 6) is 0.571. The number of ether oxygens (including phenoxy) is 2. The number of nitrogens with one attached hydrogen (secondary N) is 1. The zero-order valence-corrected chi connectivity index (χ0v) is 16.7. The zero-order valence-electron chi connectivity index (χ0n) is 15.1. The maximum atomic E-state index is 12.8. The topological polar surface area (TPSA) is 102 Å². The summed E-state index contributed by atoms with van der Waals surface area (Å²) >= 11 is 0. The predicted molar refractivity (Wildman–Crippen MR) is 103 cm³/mol. The van der Waals surface area contributed by atoms with Crippen molar-refractivity contribution in [2.45, 2.75) is 11.3 Å². The van der Waals surface area contributed by atoms with E-state index in [9.17, 15) is 16.8 Å². The number of benzene rings is 2. The number of methoxy groups -OCH3 is 2. The van der Waals surface area contributed by atoms with Crippen LogP contribution in [0.3, 0.4) is 0 Å². The van der Waals surface area contributed by atoms with E-state index in [1.165, 1.54) is 36.7 Å². The Balaban J connectivity index is 1.94. The molecule has 1 aliphatic rings. The van der Waals surface area contributed by atoms with Gasteiger partial charge in [0.05, 0.1) is 26.2 Å². The first kappa shape index (κ1) is 19.3. The number of rotatable bonds is 6. The fraction of sp³-hybridized carbons (Fsp3) is 0.294. The summed E-state index contributed by atoms with van der Waals surface area (Å²) in [6.07, 6.45) is 1.66. The zero-order chi connectivity index (χ0) is 19.8. The number of hydrogen-bond donors (Lipinski definition) is 1. The number of nitrogens with zero attached hydrogens (tertiary/aromatic N) is 1. The van der Waals surface area contributed by atoms with Crippen LogP contribution in [-0.2, 0) is 26.5 Å². The van der Waals surface area contributed by atoms with Gasteiger partial charge in [0.15, 0.2) is 0 Å². The van der Waals surface area contributed by atoms with Gasteiger partial charge in [0.2, 0.25) is 10.0 Å². The average molecular weight is 412 g/mol. The van der Waals surface area contributed by atoms with Gasteiger partial charge < -0.3 is 9.47 Å². The molecule has 2 aromatic carbocycles. The summed E-state index contributed by atoms with van der Waals surface area (Å²) in [5.41, 5.74) is 1.67. The predicted octanol–water partition coefficient (Wildman–Crippen LogP) is 1.83. The van der Waals surface area contributed by atoms with Gasteiger partial charge in [-0.25, -0.2) is 16.8 Å². The van der Waals surface area contributed by atoms with Crippen molar-refractivity contribution < 1.29 is 26.3 Å². The molecule has 27 heavy (non-hydrogen) atoms. The van der Waals surface area contributed by atoms with E-state index in [2.05, 4.69) is 4.72 Å². The van der Waals surface area contributed by atoms with Crippen molar-refractivity contribution in [2.75, 3.05) is 36.0 Å². The maximum absolute atomic E-state index is 12.8. The van der Waals surface area contributed by atoms with Crippen molar-refractivity contribution >= 4 is 31.4 Å². The largest absolute Gasteiger partial charge is 0.497 e. The van der Waals surface area contributed by atoms with Gasteiger partial charge in [-0.15, -0.1) is 0 Å². The minimum atomic E-state index is -3.93. The molecule has 10 heteroatoms. The Morgan fingerprint density at radius 3 is 2.37 bits per heavy atom. The van der Waals surface area contributed by atoms with Gasteiger partial charge in [-0.3, -0.25) is 9.03 Å². The van der Waals surface area contributed by atoms with Crippen molar-refractivity contribution in [1.29, 1.82) is 0 Å². The third-order valence-corrected chi connectivity index (χ3v) is 6.83. The van der Waals surface area contributed by atoms with Crippen molar-refractivity contribution in [3.8, 4) is 11.5 Å². The molecule has 0 spiro atoms. The van der Waals surface area contributed by atoms with Crippen LogP contribution in [0.4, 0.5) is 11.4 Å². The van der Waals surface area contributed by atoms with Crippen LogP contribution in [0.1, 0.15) is 5.56 Å².